The molecule has 7 nitrogen and oxygen atoms in total. The Morgan fingerprint density at radius 1 is 1.33 bits per heavy atom. The molecule has 0 unspecified atom stereocenters. The number of aliphatic carboxylic acids is 1. The van der Waals surface area contributed by atoms with Gasteiger partial charge in [0.25, 0.3) is 0 Å². The number of rotatable bonds is 6. The van der Waals surface area contributed by atoms with Crippen molar-refractivity contribution in [3.05, 3.63) is 35.9 Å². The van der Waals surface area contributed by atoms with Crippen LogP contribution in [0.2, 0.25) is 0 Å². The molecule has 1 amide bonds. The Bertz CT molecular complexity index is 521. The Hall–Kier alpha value is -2.57. The van der Waals surface area contributed by atoms with Crippen molar-refractivity contribution in [2.75, 3.05) is 0 Å². The van der Waals surface area contributed by atoms with E-state index in [4.69, 9.17) is 16.0 Å². The second kappa shape index (κ2) is 7.88. The third kappa shape index (κ3) is 5.94. The molecule has 7 heteroatoms. The van der Waals surface area contributed by atoms with Crippen molar-refractivity contribution >= 4 is 18.0 Å². The minimum atomic E-state index is -1.46. The van der Waals surface area contributed by atoms with Crippen LogP contribution in [0.3, 0.4) is 0 Å². The number of nitrogens with one attached hydrogen (secondary N) is 1. The summed E-state index contributed by atoms with van der Waals surface area (Å²) in [6, 6.07) is 7.41. The molecule has 0 fully saturated rings. The molecule has 1 aromatic rings. The monoisotopic (exact) mass is 296 g/mol. The molecule has 0 saturated carbocycles. The highest BCUT2D eigenvalue weighted by Gasteiger charge is 2.29. The molecule has 21 heavy (non-hydrogen) atoms. The van der Waals surface area contributed by atoms with Gasteiger partial charge in [-0.15, -0.1) is 0 Å². The van der Waals surface area contributed by atoms with E-state index in [9.17, 15) is 14.4 Å². The zero-order valence-electron chi connectivity index (χ0n) is 12.4. The summed E-state index contributed by atoms with van der Waals surface area (Å²) in [7, 11) is 0. The highest BCUT2D eigenvalue weighted by atomic mass is 16.6. The lowest BCUT2D eigenvalue weighted by Gasteiger charge is -2.20. The smallest absolute Gasteiger partial charge is 0.408 e. The molecule has 1 rings (SSSR count). The fraction of sp³-hybridized carbons (Fsp3) is 0.357. The summed E-state index contributed by atoms with van der Waals surface area (Å²) in [6.07, 6.45) is -2.07. The average Bonchev–Trinajstić information content (AvgIpc) is 2.51. The number of amides is 1. The van der Waals surface area contributed by atoms with Gasteiger partial charge in [0.05, 0.1) is 0 Å². The molecular weight excluding hydrogens is 278 g/mol. The van der Waals surface area contributed by atoms with Crippen LogP contribution >= 0.6 is 0 Å². The molecule has 0 saturated heterocycles. The largest absolute Gasteiger partial charge is 0.480 e. The van der Waals surface area contributed by atoms with Gasteiger partial charge in [0.15, 0.2) is 6.04 Å². The SMILES string of the molecule is [2H]CC(=O)O[C@H](C)[C@H](NC(=O)OCc1ccccc1)C(=O)O. The lowest BCUT2D eigenvalue weighted by atomic mass is 10.2. The maximum absolute atomic E-state index is 11.6. The number of ether oxygens (including phenoxy) is 2. The maximum Gasteiger partial charge on any atom is 0.408 e. The van der Waals surface area contributed by atoms with Crippen LogP contribution in [0.5, 0.6) is 0 Å². The molecule has 1 aromatic carbocycles. The van der Waals surface area contributed by atoms with Gasteiger partial charge in [-0.1, -0.05) is 30.3 Å². The Kier molecular flexibility index (Phi) is 5.57. The molecule has 0 aromatic heterocycles. The lowest BCUT2D eigenvalue weighted by Crippen LogP contribution is -2.49. The third-order valence-electron chi connectivity index (χ3n) is 2.54. The van der Waals surface area contributed by atoms with Gasteiger partial charge in [-0.2, -0.15) is 0 Å². The summed E-state index contributed by atoms with van der Waals surface area (Å²) >= 11 is 0. The maximum atomic E-state index is 11.6. The van der Waals surface area contributed by atoms with E-state index in [2.05, 4.69) is 5.32 Å². The molecule has 0 heterocycles. The van der Waals surface area contributed by atoms with Gasteiger partial charge in [0, 0.05) is 8.27 Å². The number of carboxylic acids is 1. The zero-order chi connectivity index (χ0) is 16.5. The van der Waals surface area contributed by atoms with Crippen LogP contribution in [0.25, 0.3) is 0 Å². The van der Waals surface area contributed by atoms with E-state index in [0.717, 1.165) is 5.56 Å². The van der Waals surface area contributed by atoms with Crippen molar-refractivity contribution in [1.29, 1.82) is 0 Å². The minimum Gasteiger partial charge on any atom is -0.480 e. The summed E-state index contributed by atoms with van der Waals surface area (Å²) in [5.41, 5.74) is 0.748. The molecule has 0 radical (unpaired) electrons. The number of hydrogen-bond donors (Lipinski definition) is 2. The fourth-order valence-corrected chi connectivity index (χ4v) is 1.55. The Morgan fingerprint density at radius 3 is 2.57 bits per heavy atom. The summed E-state index contributed by atoms with van der Waals surface area (Å²) in [5, 5.41) is 11.2. The topological polar surface area (TPSA) is 102 Å². The number of benzene rings is 1. The van der Waals surface area contributed by atoms with E-state index < -0.39 is 37.1 Å². The molecule has 114 valence electrons. The second-order valence-corrected chi connectivity index (χ2v) is 4.22. The number of hydrogen-bond acceptors (Lipinski definition) is 5. The van der Waals surface area contributed by atoms with Crippen molar-refractivity contribution in [2.24, 2.45) is 0 Å². The van der Waals surface area contributed by atoms with Crippen molar-refractivity contribution in [3.8, 4) is 0 Å². The number of carbonyl (C=O) groups excluding carboxylic acids is 2. The summed E-state index contributed by atoms with van der Waals surface area (Å²) in [5.74, 6) is -2.25. The second-order valence-electron chi connectivity index (χ2n) is 4.22. The standard InChI is InChI=1S/C14H17NO6/c1-9(21-10(2)16)12(13(17)18)15-14(19)20-8-11-6-4-3-5-7-11/h3-7,9,12H,8H2,1-2H3,(H,15,19)(H,17,18)/t9-,12+/m1/s1/i2D. The average molecular weight is 296 g/mol. The molecular formula is C14H17NO6. The van der Waals surface area contributed by atoms with Gasteiger partial charge in [-0.3, -0.25) is 4.79 Å². The fourth-order valence-electron chi connectivity index (χ4n) is 1.55. The predicted octanol–water partition coefficient (Wildman–Crippen LogP) is 1.32. The van der Waals surface area contributed by atoms with Crippen LogP contribution < -0.4 is 5.32 Å². The minimum absolute atomic E-state index is 0.0140. The van der Waals surface area contributed by atoms with Crippen LogP contribution in [0.1, 0.15) is 20.8 Å². The normalized spacial score (nSPS) is 13.5. The van der Waals surface area contributed by atoms with E-state index >= 15 is 0 Å². The molecule has 0 bridgehead atoms. The van der Waals surface area contributed by atoms with E-state index in [1.807, 2.05) is 6.07 Å². The first-order valence-corrected chi connectivity index (χ1v) is 6.12. The van der Waals surface area contributed by atoms with Crippen LogP contribution in [0.4, 0.5) is 4.79 Å². The Morgan fingerprint density at radius 2 is 2.00 bits per heavy atom. The van der Waals surface area contributed by atoms with Crippen LogP contribution in [0, 0.1) is 0 Å². The first-order chi connectivity index (χ1) is 10.4. The molecule has 0 spiro atoms. The highest BCUT2D eigenvalue weighted by molar-refractivity contribution is 5.81. The Balaban J connectivity index is 2.53. The summed E-state index contributed by atoms with van der Waals surface area (Å²) in [4.78, 5) is 33.7. The summed E-state index contributed by atoms with van der Waals surface area (Å²) < 4.78 is 16.4. The van der Waals surface area contributed by atoms with Crippen molar-refractivity contribution in [3.63, 3.8) is 0 Å². The number of alkyl carbamates (subject to hydrolysis) is 1. The molecule has 2 atom stereocenters. The van der Waals surface area contributed by atoms with Gasteiger partial charge >= 0.3 is 18.0 Å². The van der Waals surface area contributed by atoms with Gasteiger partial charge in [0.1, 0.15) is 12.7 Å². The molecule has 0 aliphatic rings. The number of esters is 1. The van der Waals surface area contributed by atoms with Gasteiger partial charge in [-0.05, 0) is 12.5 Å². The van der Waals surface area contributed by atoms with E-state index in [1.54, 1.807) is 24.3 Å². The van der Waals surface area contributed by atoms with Gasteiger partial charge in [0.2, 0.25) is 0 Å². The van der Waals surface area contributed by atoms with Gasteiger partial charge in [-0.25, -0.2) is 9.59 Å². The highest BCUT2D eigenvalue weighted by Crippen LogP contribution is 2.03. The Labute approximate surface area is 123 Å². The quantitative estimate of drug-likeness (QED) is 0.768. The number of carbonyl (C=O) groups is 3. The zero-order valence-corrected chi connectivity index (χ0v) is 11.4. The van der Waals surface area contributed by atoms with Crippen molar-refractivity contribution in [1.82, 2.24) is 5.32 Å². The van der Waals surface area contributed by atoms with Crippen molar-refractivity contribution < 1.29 is 30.3 Å². The van der Waals surface area contributed by atoms with Crippen LogP contribution in [-0.2, 0) is 25.7 Å². The van der Waals surface area contributed by atoms with E-state index in [1.165, 1.54) is 6.92 Å². The lowest BCUT2D eigenvalue weighted by molar-refractivity contribution is -0.152. The first-order valence-electron chi connectivity index (χ1n) is 6.83. The van der Waals surface area contributed by atoms with E-state index in [0.29, 0.717) is 0 Å². The number of carboxylic acid groups (broad SMARTS) is 1. The third-order valence-corrected chi connectivity index (χ3v) is 2.54. The predicted molar refractivity (Wildman–Crippen MR) is 72.4 cm³/mol. The molecule has 0 aliphatic heterocycles. The summed E-state index contributed by atoms with van der Waals surface area (Å²) in [6.45, 7) is 0.666. The van der Waals surface area contributed by atoms with Crippen LogP contribution in [-0.4, -0.2) is 35.3 Å². The van der Waals surface area contributed by atoms with Gasteiger partial charge < -0.3 is 19.9 Å². The molecule has 0 aliphatic carbocycles. The van der Waals surface area contributed by atoms with Crippen molar-refractivity contribution in [2.45, 2.75) is 32.6 Å². The molecule has 2 N–H and O–H groups in total. The van der Waals surface area contributed by atoms with E-state index in [-0.39, 0.29) is 6.61 Å². The van der Waals surface area contributed by atoms with Crippen LogP contribution in [0.15, 0.2) is 30.3 Å². The first kappa shape index (κ1) is 14.8.